The summed E-state index contributed by atoms with van der Waals surface area (Å²) in [5.74, 6) is 0.267. The summed E-state index contributed by atoms with van der Waals surface area (Å²) in [5, 5.41) is 10.8. The molecular weight excluding hydrogens is 330 g/mol. The summed E-state index contributed by atoms with van der Waals surface area (Å²) in [5.41, 5.74) is 7.81. The maximum Gasteiger partial charge on any atom is 0.239 e. The van der Waals surface area contributed by atoms with Crippen molar-refractivity contribution in [1.82, 2.24) is 9.88 Å². The first kappa shape index (κ1) is 16.5. The Morgan fingerprint density at radius 1 is 1.46 bits per heavy atom. The molecular formula is C17H18ClN3O3. The van der Waals surface area contributed by atoms with Crippen LogP contribution in [-0.2, 0) is 11.3 Å². The number of amides is 1. The van der Waals surface area contributed by atoms with Gasteiger partial charge in [0.05, 0.1) is 23.3 Å². The first-order valence-corrected chi connectivity index (χ1v) is 7.98. The van der Waals surface area contributed by atoms with Crippen LogP contribution in [0, 0.1) is 0 Å². The smallest absolute Gasteiger partial charge is 0.239 e. The quantitative estimate of drug-likeness (QED) is 0.869. The van der Waals surface area contributed by atoms with Crippen molar-refractivity contribution in [2.45, 2.75) is 19.5 Å². The van der Waals surface area contributed by atoms with Gasteiger partial charge in [0.15, 0.2) is 11.5 Å². The number of rotatable bonds is 2. The van der Waals surface area contributed by atoms with Crippen LogP contribution in [0.15, 0.2) is 30.5 Å². The molecule has 1 amide bonds. The molecule has 3 N–H and O–H groups in total. The summed E-state index contributed by atoms with van der Waals surface area (Å²) < 4.78 is 5.62. The number of phenols is 1. The lowest BCUT2D eigenvalue weighted by molar-refractivity contribution is -0.132. The van der Waals surface area contributed by atoms with E-state index in [9.17, 15) is 9.90 Å². The van der Waals surface area contributed by atoms with Crippen molar-refractivity contribution in [2.24, 2.45) is 5.73 Å². The van der Waals surface area contributed by atoms with Crippen molar-refractivity contribution < 1.29 is 14.6 Å². The predicted molar refractivity (Wildman–Crippen MR) is 90.9 cm³/mol. The number of nitrogens with two attached hydrogens (primary N) is 1. The lowest BCUT2D eigenvalue weighted by Crippen LogP contribution is -2.42. The summed E-state index contributed by atoms with van der Waals surface area (Å²) in [6.45, 7) is 2.70. The molecule has 1 atom stereocenters. The van der Waals surface area contributed by atoms with Gasteiger partial charge in [-0.05, 0) is 31.2 Å². The lowest BCUT2D eigenvalue weighted by Gasteiger charge is -2.21. The number of carbonyl (C=O) groups is 1. The molecule has 1 aromatic heterocycles. The number of phenolic OH excluding ortho intramolecular Hbond substituents is 1. The van der Waals surface area contributed by atoms with Crippen LogP contribution in [0.5, 0.6) is 11.5 Å². The van der Waals surface area contributed by atoms with Gasteiger partial charge >= 0.3 is 0 Å². The first-order chi connectivity index (χ1) is 11.5. The van der Waals surface area contributed by atoms with E-state index < -0.39 is 6.04 Å². The molecule has 0 saturated heterocycles. The minimum Gasteiger partial charge on any atom is -0.504 e. The third-order valence-electron chi connectivity index (χ3n) is 3.84. The summed E-state index contributed by atoms with van der Waals surface area (Å²) in [7, 11) is 0. The maximum atomic E-state index is 12.2. The molecule has 0 fully saturated rings. The number of aromatic nitrogens is 1. The lowest BCUT2D eigenvalue weighted by atomic mass is 10.0. The molecule has 0 aliphatic carbocycles. The molecule has 1 aliphatic rings. The number of pyridine rings is 1. The minimum absolute atomic E-state index is 0.0225. The van der Waals surface area contributed by atoms with Gasteiger partial charge in [-0.25, -0.2) is 0 Å². The van der Waals surface area contributed by atoms with E-state index in [2.05, 4.69) is 4.98 Å². The summed E-state index contributed by atoms with van der Waals surface area (Å²) in [6, 6.07) is 6.37. The van der Waals surface area contributed by atoms with Crippen LogP contribution in [0.4, 0.5) is 0 Å². The predicted octanol–water partition coefficient (Wildman–Crippen LogP) is 2.18. The van der Waals surface area contributed by atoms with E-state index in [4.69, 9.17) is 22.1 Å². The van der Waals surface area contributed by atoms with E-state index in [0.717, 1.165) is 5.56 Å². The van der Waals surface area contributed by atoms with Gasteiger partial charge in [-0.1, -0.05) is 11.6 Å². The number of fused-ring (bicyclic) bond motifs is 1. The fraction of sp³-hybridized carbons (Fsp3) is 0.294. The van der Waals surface area contributed by atoms with Crippen LogP contribution in [0.1, 0.15) is 12.5 Å². The highest BCUT2D eigenvalue weighted by molar-refractivity contribution is 6.30. The van der Waals surface area contributed by atoms with Gasteiger partial charge in [0.25, 0.3) is 0 Å². The Kier molecular flexibility index (Phi) is 4.59. The minimum atomic E-state index is -0.582. The van der Waals surface area contributed by atoms with Crippen molar-refractivity contribution in [3.63, 3.8) is 0 Å². The van der Waals surface area contributed by atoms with Gasteiger partial charge in [0.2, 0.25) is 5.91 Å². The number of ether oxygens (including phenoxy) is 1. The van der Waals surface area contributed by atoms with Crippen LogP contribution in [0.25, 0.3) is 11.3 Å². The fourth-order valence-electron chi connectivity index (χ4n) is 2.67. The first-order valence-electron chi connectivity index (χ1n) is 7.60. The zero-order chi connectivity index (χ0) is 17.3. The SMILES string of the molecule is C[C@H](N)C(=O)N1CCOc2c(O)cc(-c3ccc(Cl)cn3)cc2C1. The standard InChI is InChI=1S/C17H18ClN3O3/c1-10(19)17(23)21-4-5-24-16-12(9-21)6-11(7-15(16)22)14-3-2-13(18)8-20-14/h2-3,6-8,10,22H,4-5,9,19H2,1H3/t10-/m0/s1. The normalized spacial score (nSPS) is 15.2. The third-order valence-corrected chi connectivity index (χ3v) is 4.06. The van der Waals surface area contributed by atoms with Crippen molar-refractivity contribution in [1.29, 1.82) is 0 Å². The summed E-state index contributed by atoms with van der Waals surface area (Å²) in [4.78, 5) is 18.1. The molecule has 7 heteroatoms. The number of nitrogens with zero attached hydrogens (tertiary/aromatic N) is 2. The van der Waals surface area contributed by atoms with E-state index in [1.165, 1.54) is 0 Å². The van der Waals surface area contributed by atoms with Crippen molar-refractivity contribution in [3.05, 3.63) is 41.0 Å². The molecule has 2 heterocycles. The van der Waals surface area contributed by atoms with Gasteiger partial charge in [-0.15, -0.1) is 0 Å². The van der Waals surface area contributed by atoms with E-state index in [1.807, 2.05) is 6.07 Å². The third kappa shape index (κ3) is 3.29. The number of hydrogen-bond acceptors (Lipinski definition) is 5. The second kappa shape index (κ2) is 6.67. The molecule has 0 saturated carbocycles. The molecule has 0 spiro atoms. The Hall–Kier alpha value is -2.31. The second-order valence-corrected chi connectivity index (χ2v) is 6.18. The average molecular weight is 348 g/mol. The van der Waals surface area contributed by atoms with Gasteiger partial charge in [0.1, 0.15) is 6.61 Å². The van der Waals surface area contributed by atoms with Crippen LogP contribution in [0.3, 0.4) is 0 Å². The van der Waals surface area contributed by atoms with Crippen LogP contribution in [-0.4, -0.2) is 40.1 Å². The highest BCUT2D eigenvalue weighted by Crippen LogP contribution is 2.37. The van der Waals surface area contributed by atoms with Crippen molar-refractivity contribution >= 4 is 17.5 Å². The number of halogens is 1. The monoisotopic (exact) mass is 347 g/mol. The number of aromatic hydroxyl groups is 1. The summed E-state index contributed by atoms with van der Waals surface area (Å²) >= 11 is 5.86. The zero-order valence-electron chi connectivity index (χ0n) is 13.2. The van der Waals surface area contributed by atoms with Gasteiger partial charge < -0.3 is 20.5 Å². The zero-order valence-corrected chi connectivity index (χ0v) is 14.0. The number of carbonyl (C=O) groups excluding carboxylic acids is 1. The molecule has 24 heavy (non-hydrogen) atoms. The van der Waals surface area contributed by atoms with Gasteiger partial charge in [-0.3, -0.25) is 9.78 Å². The van der Waals surface area contributed by atoms with E-state index in [0.29, 0.717) is 41.7 Å². The molecule has 3 rings (SSSR count). The Balaban J connectivity index is 1.99. The van der Waals surface area contributed by atoms with E-state index in [-0.39, 0.29) is 11.7 Å². The highest BCUT2D eigenvalue weighted by atomic mass is 35.5. The van der Waals surface area contributed by atoms with Crippen LogP contribution < -0.4 is 10.5 Å². The highest BCUT2D eigenvalue weighted by Gasteiger charge is 2.24. The molecule has 2 aromatic rings. The Bertz CT molecular complexity index is 762. The molecule has 0 radical (unpaired) electrons. The molecule has 0 bridgehead atoms. The van der Waals surface area contributed by atoms with Crippen molar-refractivity contribution in [3.8, 4) is 22.8 Å². The van der Waals surface area contributed by atoms with Crippen molar-refractivity contribution in [2.75, 3.05) is 13.2 Å². The average Bonchev–Trinajstić information content (AvgIpc) is 2.77. The molecule has 1 aliphatic heterocycles. The Morgan fingerprint density at radius 2 is 2.25 bits per heavy atom. The topological polar surface area (TPSA) is 88.7 Å². The largest absolute Gasteiger partial charge is 0.504 e. The Morgan fingerprint density at radius 3 is 2.92 bits per heavy atom. The fourth-order valence-corrected chi connectivity index (χ4v) is 2.78. The van der Waals surface area contributed by atoms with Gasteiger partial charge in [-0.2, -0.15) is 0 Å². The van der Waals surface area contributed by atoms with E-state index in [1.54, 1.807) is 36.2 Å². The molecule has 6 nitrogen and oxygen atoms in total. The number of benzene rings is 1. The van der Waals surface area contributed by atoms with Crippen LogP contribution in [0.2, 0.25) is 5.02 Å². The molecule has 0 unspecified atom stereocenters. The second-order valence-electron chi connectivity index (χ2n) is 5.74. The summed E-state index contributed by atoms with van der Waals surface area (Å²) in [6.07, 6.45) is 1.54. The van der Waals surface area contributed by atoms with Gasteiger partial charge in [0, 0.05) is 23.9 Å². The maximum absolute atomic E-state index is 12.2. The van der Waals surface area contributed by atoms with E-state index >= 15 is 0 Å². The van der Waals surface area contributed by atoms with Crippen LogP contribution >= 0.6 is 11.6 Å². The number of hydrogen-bond donors (Lipinski definition) is 2. The molecule has 126 valence electrons. The Labute approximate surface area is 144 Å². The molecule has 1 aromatic carbocycles.